The predicted octanol–water partition coefficient (Wildman–Crippen LogP) is 3.04. The van der Waals surface area contributed by atoms with Gasteiger partial charge in [-0.15, -0.1) is 11.3 Å². The first-order valence-electron chi connectivity index (χ1n) is 9.68. The van der Waals surface area contributed by atoms with Gasteiger partial charge in [-0.25, -0.2) is 9.78 Å². The number of thiophene rings is 1. The maximum atomic E-state index is 13.0. The van der Waals surface area contributed by atoms with Crippen LogP contribution >= 0.6 is 11.3 Å². The summed E-state index contributed by atoms with van der Waals surface area (Å²) in [7, 11) is 1.93. The summed E-state index contributed by atoms with van der Waals surface area (Å²) in [6.45, 7) is 1.75. The number of carbonyl (C=O) groups is 2. The summed E-state index contributed by atoms with van der Waals surface area (Å²) in [5.74, 6) is -0.891. The standard InChI is InChI=1S/C21H21N3O4S/c1-23-12-22-15-10-14(2-3-16(15)23)19(25)24-7-5-21(6-8-24)18-13(4-9-28-21)11-17(29-18)20(26)27/h2-3,10-12H,4-9H2,1H3,(H,26,27). The van der Waals surface area contributed by atoms with Crippen LogP contribution in [0.15, 0.2) is 30.6 Å². The summed E-state index contributed by atoms with van der Waals surface area (Å²) in [6.07, 6.45) is 3.84. The molecule has 1 aromatic carbocycles. The molecule has 0 aliphatic carbocycles. The van der Waals surface area contributed by atoms with Crippen LogP contribution < -0.4 is 0 Å². The monoisotopic (exact) mass is 411 g/mol. The fourth-order valence-corrected chi connectivity index (χ4v) is 5.67. The number of hydrogen-bond acceptors (Lipinski definition) is 5. The van der Waals surface area contributed by atoms with Crippen molar-refractivity contribution in [2.24, 2.45) is 7.05 Å². The number of imidazole rings is 1. The van der Waals surface area contributed by atoms with E-state index >= 15 is 0 Å². The highest BCUT2D eigenvalue weighted by atomic mass is 32.1. The molecule has 8 heteroatoms. The number of rotatable bonds is 2. The molecule has 1 fully saturated rings. The number of ether oxygens (including phenoxy) is 1. The Kier molecular flexibility index (Phi) is 4.22. The Hall–Kier alpha value is -2.71. The van der Waals surface area contributed by atoms with Crippen LogP contribution in [0.2, 0.25) is 0 Å². The number of carbonyl (C=O) groups excluding carboxylic acids is 1. The van der Waals surface area contributed by atoms with E-state index in [1.165, 1.54) is 11.3 Å². The van der Waals surface area contributed by atoms with Gasteiger partial charge in [0.15, 0.2) is 0 Å². The highest BCUT2D eigenvalue weighted by Crippen LogP contribution is 2.45. The summed E-state index contributed by atoms with van der Waals surface area (Å²) < 4.78 is 8.12. The molecule has 3 aromatic rings. The molecule has 150 valence electrons. The number of carboxylic acid groups (broad SMARTS) is 1. The van der Waals surface area contributed by atoms with E-state index in [1.807, 2.05) is 34.7 Å². The third-order valence-electron chi connectivity index (χ3n) is 6.01. The molecular weight excluding hydrogens is 390 g/mol. The molecule has 1 amide bonds. The van der Waals surface area contributed by atoms with Crippen LogP contribution in [0.25, 0.3) is 11.0 Å². The van der Waals surface area contributed by atoms with Gasteiger partial charge in [-0.05, 0) is 49.1 Å². The molecule has 0 saturated carbocycles. The summed E-state index contributed by atoms with van der Waals surface area (Å²) in [5.41, 5.74) is 3.06. The average Bonchev–Trinajstić information content (AvgIpc) is 3.33. The minimum absolute atomic E-state index is 0.000778. The van der Waals surface area contributed by atoms with Crippen molar-refractivity contribution in [2.45, 2.75) is 24.9 Å². The number of aromatic nitrogens is 2. The predicted molar refractivity (Wildman–Crippen MR) is 108 cm³/mol. The maximum Gasteiger partial charge on any atom is 0.345 e. The lowest BCUT2D eigenvalue weighted by Gasteiger charge is -2.43. The molecule has 5 rings (SSSR count). The van der Waals surface area contributed by atoms with Crippen LogP contribution in [0.3, 0.4) is 0 Å². The van der Waals surface area contributed by atoms with Crippen LogP contribution in [0, 0.1) is 0 Å². The molecule has 2 aliphatic rings. The lowest BCUT2D eigenvalue weighted by atomic mass is 9.85. The van der Waals surface area contributed by atoms with Crippen molar-refractivity contribution in [3.8, 4) is 0 Å². The van der Waals surface area contributed by atoms with Gasteiger partial charge in [-0.1, -0.05) is 0 Å². The summed E-state index contributed by atoms with van der Waals surface area (Å²) in [4.78, 5) is 32.0. The molecule has 0 atom stereocenters. The lowest BCUT2D eigenvalue weighted by Crippen LogP contribution is -2.47. The topological polar surface area (TPSA) is 84.7 Å². The molecule has 2 aromatic heterocycles. The van der Waals surface area contributed by atoms with Gasteiger partial charge in [-0.2, -0.15) is 0 Å². The van der Waals surface area contributed by atoms with E-state index in [1.54, 1.807) is 12.4 Å². The van der Waals surface area contributed by atoms with Crippen molar-refractivity contribution >= 4 is 34.2 Å². The normalized spacial score (nSPS) is 18.2. The molecule has 0 unspecified atom stereocenters. The lowest BCUT2D eigenvalue weighted by molar-refractivity contribution is -0.0906. The van der Waals surface area contributed by atoms with E-state index in [4.69, 9.17) is 4.74 Å². The number of aryl methyl sites for hydroxylation is 1. The van der Waals surface area contributed by atoms with Gasteiger partial charge in [0.1, 0.15) is 10.5 Å². The van der Waals surface area contributed by atoms with E-state index in [-0.39, 0.29) is 5.91 Å². The Labute approximate surface area is 171 Å². The fourth-order valence-electron chi connectivity index (χ4n) is 4.42. The van der Waals surface area contributed by atoms with Crippen LogP contribution in [0.4, 0.5) is 0 Å². The zero-order valence-corrected chi connectivity index (χ0v) is 16.9. The number of fused-ring (bicyclic) bond motifs is 3. The van der Waals surface area contributed by atoms with E-state index in [0.717, 1.165) is 27.9 Å². The smallest absolute Gasteiger partial charge is 0.345 e. The highest BCUT2D eigenvalue weighted by Gasteiger charge is 2.43. The number of aromatic carboxylic acids is 1. The zero-order chi connectivity index (χ0) is 20.2. The summed E-state index contributed by atoms with van der Waals surface area (Å²) in [6, 6.07) is 7.41. The first-order chi connectivity index (χ1) is 14.0. The van der Waals surface area contributed by atoms with E-state index in [2.05, 4.69) is 4.98 Å². The number of amides is 1. The van der Waals surface area contributed by atoms with Gasteiger partial charge >= 0.3 is 5.97 Å². The van der Waals surface area contributed by atoms with Crippen LogP contribution in [0.5, 0.6) is 0 Å². The minimum Gasteiger partial charge on any atom is -0.477 e. The number of piperidine rings is 1. The third kappa shape index (κ3) is 2.94. The SMILES string of the molecule is Cn1cnc2cc(C(=O)N3CCC4(CC3)OCCc3cc(C(=O)O)sc34)ccc21. The second-order valence-corrected chi connectivity index (χ2v) is 8.77. The molecule has 0 bridgehead atoms. The molecule has 29 heavy (non-hydrogen) atoms. The van der Waals surface area contributed by atoms with Gasteiger partial charge in [0.25, 0.3) is 5.91 Å². The van der Waals surface area contributed by atoms with Gasteiger partial charge in [0, 0.05) is 30.6 Å². The second-order valence-electron chi connectivity index (χ2n) is 7.71. The first kappa shape index (κ1) is 18.3. The molecular formula is C21H21N3O4S. The Morgan fingerprint density at radius 3 is 2.79 bits per heavy atom. The second kappa shape index (κ2) is 6.67. The highest BCUT2D eigenvalue weighted by molar-refractivity contribution is 7.14. The quantitative estimate of drug-likeness (QED) is 0.701. The van der Waals surface area contributed by atoms with Gasteiger partial charge < -0.3 is 19.3 Å². The Bertz CT molecular complexity index is 1120. The van der Waals surface area contributed by atoms with E-state index in [0.29, 0.717) is 43.0 Å². The number of hydrogen-bond donors (Lipinski definition) is 1. The first-order valence-corrected chi connectivity index (χ1v) is 10.5. The van der Waals surface area contributed by atoms with Gasteiger partial charge in [0.05, 0.1) is 24.0 Å². The zero-order valence-electron chi connectivity index (χ0n) is 16.1. The minimum atomic E-state index is -0.892. The van der Waals surface area contributed by atoms with Crippen LogP contribution in [-0.4, -0.2) is 51.1 Å². The van der Waals surface area contributed by atoms with Crippen molar-refractivity contribution in [2.75, 3.05) is 19.7 Å². The van der Waals surface area contributed by atoms with E-state index < -0.39 is 11.6 Å². The number of carboxylic acids is 1. The van der Waals surface area contributed by atoms with E-state index in [9.17, 15) is 14.7 Å². The summed E-state index contributed by atoms with van der Waals surface area (Å²) in [5, 5.41) is 9.35. The van der Waals surface area contributed by atoms with Crippen molar-refractivity contribution in [1.82, 2.24) is 14.5 Å². The van der Waals surface area contributed by atoms with Gasteiger partial charge in [-0.3, -0.25) is 4.79 Å². The Balaban J connectivity index is 1.36. The number of likely N-dealkylation sites (tertiary alicyclic amines) is 1. The van der Waals surface area contributed by atoms with Crippen molar-refractivity contribution < 1.29 is 19.4 Å². The van der Waals surface area contributed by atoms with Gasteiger partial charge in [0.2, 0.25) is 0 Å². The molecule has 4 heterocycles. The van der Waals surface area contributed by atoms with Crippen LogP contribution in [0.1, 0.15) is 43.3 Å². The maximum absolute atomic E-state index is 13.0. The third-order valence-corrected chi connectivity index (χ3v) is 7.36. The van der Waals surface area contributed by atoms with Crippen molar-refractivity contribution in [3.63, 3.8) is 0 Å². The summed E-state index contributed by atoms with van der Waals surface area (Å²) >= 11 is 1.32. The molecule has 1 N–H and O–H groups in total. The fraction of sp³-hybridized carbons (Fsp3) is 0.381. The molecule has 7 nitrogen and oxygen atoms in total. The van der Waals surface area contributed by atoms with Crippen LogP contribution in [-0.2, 0) is 23.8 Å². The number of nitrogens with zero attached hydrogens (tertiary/aromatic N) is 3. The molecule has 1 saturated heterocycles. The number of benzene rings is 1. The average molecular weight is 411 g/mol. The molecule has 0 radical (unpaired) electrons. The Morgan fingerprint density at radius 2 is 2.03 bits per heavy atom. The van der Waals surface area contributed by atoms with Crippen molar-refractivity contribution in [1.29, 1.82) is 0 Å². The Morgan fingerprint density at radius 1 is 1.24 bits per heavy atom. The molecule has 1 spiro atoms. The largest absolute Gasteiger partial charge is 0.477 e. The molecule has 2 aliphatic heterocycles. The van der Waals surface area contributed by atoms with Crippen molar-refractivity contribution in [3.05, 3.63) is 51.5 Å².